The van der Waals surface area contributed by atoms with Gasteiger partial charge in [0.05, 0.1) is 17.8 Å². The van der Waals surface area contributed by atoms with Gasteiger partial charge in [0.1, 0.15) is 11.4 Å². The number of carbonyl (C=O) groups is 1. The van der Waals surface area contributed by atoms with E-state index >= 15 is 0 Å². The summed E-state index contributed by atoms with van der Waals surface area (Å²) in [6.07, 6.45) is 4.59. The van der Waals surface area contributed by atoms with Crippen LogP contribution in [-0.4, -0.2) is 37.0 Å². The van der Waals surface area contributed by atoms with Crippen molar-refractivity contribution in [2.45, 2.75) is 32.4 Å². The molecule has 0 aliphatic rings. The summed E-state index contributed by atoms with van der Waals surface area (Å²) in [4.78, 5) is 12.4. The second-order valence-electron chi connectivity index (χ2n) is 5.45. The predicted octanol–water partition coefficient (Wildman–Crippen LogP) is 1.10. The lowest BCUT2D eigenvalue weighted by Crippen LogP contribution is -2.51. The van der Waals surface area contributed by atoms with E-state index < -0.39 is 11.6 Å². The fourth-order valence-electron chi connectivity index (χ4n) is 1.84. The Morgan fingerprint density at radius 3 is 2.55 bits per heavy atom. The standard InChI is InChI=1S/C14H20N4O2/c1-10(19)14(2,3)16-12(20)11-9-15-17(4)13(11)18-7-5-6-8-18/h5-10,19H,1-4H3,(H,16,20). The number of nitrogens with zero attached hydrogens (tertiary/aromatic N) is 3. The van der Waals surface area contributed by atoms with Gasteiger partial charge >= 0.3 is 0 Å². The zero-order chi connectivity index (χ0) is 14.9. The van der Waals surface area contributed by atoms with Crippen LogP contribution in [0.5, 0.6) is 0 Å². The summed E-state index contributed by atoms with van der Waals surface area (Å²) < 4.78 is 3.47. The van der Waals surface area contributed by atoms with Gasteiger partial charge in [0.15, 0.2) is 0 Å². The van der Waals surface area contributed by atoms with E-state index in [2.05, 4.69) is 10.4 Å². The zero-order valence-corrected chi connectivity index (χ0v) is 12.2. The highest BCUT2D eigenvalue weighted by atomic mass is 16.3. The molecule has 2 aromatic rings. The van der Waals surface area contributed by atoms with Gasteiger partial charge in [-0.1, -0.05) is 0 Å². The summed E-state index contributed by atoms with van der Waals surface area (Å²) in [7, 11) is 1.78. The Morgan fingerprint density at radius 2 is 2.00 bits per heavy atom. The molecule has 6 nitrogen and oxygen atoms in total. The number of hydrogen-bond donors (Lipinski definition) is 2. The van der Waals surface area contributed by atoms with Crippen LogP contribution >= 0.6 is 0 Å². The third-order valence-electron chi connectivity index (χ3n) is 3.48. The summed E-state index contributed by atoms with van der Waals surface area (Å²) in [6, 6.07) is 3.77. The minimum Gasteiger partial charge on any atom is -0.391 e. The number of aromatic nitrogens is 3. The molecule has 2 aromatic heterocycles. The Labute approximate surface area is 118 Å². The minimum atomic E-state index is -0.707. The van der Waals surface area contributed by atoms with Crippen molar-refractivity contribution in [3.8, 4) is 5.82 Å². The number of carbonyl (C=O) groups excluding carboxylic acids is 1. The molecule has 0 saturated carbocycles. The molecular formula is C14H20N4O2. The molecule has 1 unspecified atom stereocenters. The Hall–Kier alpha value is -2.08. The minimum absolute atomic E-state index is 0.257. The number of aliphatic hydroxyl groups is 1. The molecule has 108 valence electrons. The maximum atomic E-state index is 12.4. The van der Waals surface area contributed by atoms with E-state index in [1.807, 2.05) is 29.1 Å². The quantitative estimate of drug-likeness (QED) is 0.878. The SMILES string of the molecule is CC(O)C(C)(C)NC(=O)c1cnn(C)c1-n1cccc1. The number of aliphatic hydroxyl groups excluding tert-OH is 1. The Kier molecular flexibility index (Phi) is 3.67. The van der Waals surface area contributed by atoms with Crippen LogP contribution in [0.15, 0.2) is 30.7 Å². The van der Waals surface area contributed by atoms with Crippen molar-refractivity contribution in [1.29, 1.82) is 0 Å². The second-order valence-corrected chi connectivity index (χ2v) is 5.45. The largest absolute Gasteiger partial charge is 0.391 e. The van der Waals surface area contributed by atoms with Crippen molar-refractivity contribution >= 4 is 5.91 Å². The van der Waals surface area contributed by atoms with Crippen molar-refractivity contribution in [3.05, 3.63) is 36.3 Å². The number of rotatable bonds is 4. The molecule has 2 rings (SSSR count). The Morgan fingerprint density at radius 1 is 1.40 bits per heavy atom. The molecule has 1 atom stereocenters. The zero-order valence-electron chi connectivity index (χ0n) is 12.2. The maximum absolute atomic E-state index is 12.4. The molecule has 0 aromatic carbocycles. The summed E-state index contributed by atoms with van der Waals surface area (Å²) >= 11 is 0. The lowest BCUT2D eigenvalue weighted by atomic mass is 9.98. The van der Waals surface area contributed by atoms with Crippen LogP contribution in [0.1, 0.15) is 31.1 Å². The predicted molar refractivity (Wildman–Crippen MR) is 75.8 cm³/mol. The van der Waals surface area contributed by atoms with E-state index in [1.165, 1.54) is 6.20 Å². The first-order chi connectivity index (χ1) is 9.33. The third-order valence-corrected chi connectivity index (χ3v) is 3.48. The molecule has 0 spiro atoms. The third kappa shape index (κ3) is 2.60. The van der Waals surface area contributed by atoms with Gasteiger partial charge < -0.3 is 15.0 Å². The number of aryl methyl sites for hydroxylation is 1. The van der Waals surface area contributed by atoms with Crippen LogP contribution in [0.25, 0.3) is 5.82 Å². The van der Waals surface area contributed by atoms with Gasteiger partial charge in [-0.2, -0.15) is 5.10 Å². The van der Waals surface area contributed by atoms with Gasteiger partial charge in [-0.3, -0.25) is 9.48 Å². The summed E-state index contributed by atoms with van der Waals surface area (Å²) in [5.74, 6) is 0.432. The normalized spacial score (nSPS) is 13.2. The van der Waals surface area contributed by atoms with Crippen molar-refractivity contribution in [2.75, 3.05) is 0 Å². The smallest absolute Gasteiger partial charge is 0.257 e. The first-order valence-electron chi connectivity index (χ1n) is 6.49. The van der Waals surface area contributed by atoms with E-state index in [4.69, 9.17) is 0 Å². The van der Waals surface area contributed by atoms with Crippen molar-refractivity contribution in [2.24, 2.45) is 7.05 Å². The van der Waals surface area contributed by atoms with Crippen LogP contribution in [0.4, 0.5) is 0 Å². The van der Waals surface area contributed by atoms with E-state index in [0.29, 0.717) is 11.4 Å². The highest BCUT2D eigenvalue weighted by Gasteiger charge is 2.28. The van der Waals surface area contributed by atoms with Crippen LogP contribution in [0.2, 0.25) is 0 Å². The van der Waals surface area contributed by atoms with Crippen LogP contribution < -0.4 is 5.32 Å². The summed E-state index contributed by atoms with van der Waals surface area (Å²) in [5, 5.41) is 16.7. The topological polar surface area (TPSA) is 72.1 Å². The van der Waals surface area contributed by atoms with Crippen molar-refractivity contribution < 1.29 is 9.90 Å². The lowest BCUT2D eigenvalue weighted by molar-refractivity contribution is 0.0709. The molecule has 1 amide bonds. The van der Waals surface area contributed by atoms with Gasteiger partial charge in [-0.25, -0.2) is 0 Å². The first kappa shape index (κ1) is 14.3. The molecule has 0 fully saturated rings. The average Bonchev–Trinajstić information content (AvgIpc) is 2.96. The van der Waals surface area contributed by atoms with Gasteiger partial charge in [0.25, 0.3) is 5.91 Å². The second kappa shape index (κ2) is 5.13. The van der Waals surface area contributed by atoms with Crippen LogP contribution in [0, 0.1) is 0 Å². The molecule has 0 aliphatic heterocycles. The fraction of sp³-hybridized carbons (Fsp3) is 0.429. The number of amides is 1. The number of nitrogens with one attached hydrogen (secondary N) is 1. The van der Waals surface area contributed by atoms with Gasteiger partial charge in [-0.15, -0.1) is 0 Å². The maximum Gasteiger partial charge on any atom is 0.257 e. The molecule has 0 bridgehead atoms. The van der Waals surface area contributed by atoms with Gasteiger partial charge in [0, 0.05) is 19.4 Å². The molecule has 0 aliphatic carbocycles. The molecule has 2 heterocycles. The molecule has 0 saturated heterocycles. The van der Waals surface area contributed by atoms with Crippen molar-refractivity contribution in [3.63, 3.8) is 0 Å². The molecular weight excluding hydrogens is 256 g/mol. The highest BCUT2D eigenvalue weighted by molar-refractivity contribution is 5.97. The highest BCUT2D eigenvalue weighted by Crippen LogP contribution is 2.16. The summed E-state index contributed by atoms with van der Waals surface area (Å²) in [5.41, 5.74) is -0.238. The lowest BCUT2D eigenvalue weighted by Gasteiger charge is -2.29. The summed E-state index contributed by atoms with van der Waals surface area (Å²) in [6.45, 7) is 5.21. The van der Waals surface area contributed by atoms with Gasteiger partial charge in [0.2, 0.25) is 0 Å². The van der Waals surface area contributed by atoms with E-state index in [9.17, 15) is 9.90 Å². The molecule has 20 heavy (non-hydrogen) atoms. The van der Waals surface area contributed by atoms with E-state index in [1.54, 1.807) is 32.5 Å². The van der Waals surface area contributed by atoms with Crippen LogP contribution in [-0.2, 0) is 7.05 Å². The monoisotopic (exact) mass is 276 g/mol. The Bertz CT molecular complexity index is 597. The molecule has 6 heteroatoms. The number of hydrogen-bond acceptors (Lipinski definition) is 3. The van der Waals surface area contributed by atoms with Crippen LogP contribution in [0.3, 0.4) is 0 Å². The molecule has 2 N–H and O–H groups in total. The van der Waals surface area contributed by atoms with Crippen molar-refractivity contribution in [1.82, 2.24) is 19.7 Å². The van der Waals surface area contributed by atoms with E-state index in [0.717, 1.165) is 0 Å². The van der Waals surface area contributed by atoms with E-state index in [-0.39, 0.29) is 5.91 Å². The first-order valence-corrected chi connectivity index (χ1v) is 6.49. The average molecular weight is 276 g/mol. The Balaban J connectivity index is 2.33. The molecule has 0 radical (unpaired) electrons. The van der Waals surface area contributed by atoms with Gasteiger partial charge in [-0.05, 0) is 32.9 Å². The fourth-order valence-corrected chi connectivity index (χ4v) is 1.84.